The average Bonchev–Trinajstić information content (AvgIpc) is 2.66. The maximum atomic E-state index is 13.0. The number of ether oxygens (including phenoxy) is 1. The Labute approximate surface area is 156 Å². The summed E-state index contributed by atoms with van der Waals surface area (Å²) < 4.78 is 53.4. The Kier molecular flexibility index (Phi) is 5.46. The van der Waals surface area contributed by atoms with Crippen molar-refractivity contribution in [3.63, 3.8) is 0 Å². The molecule has 0 saturated carbocycles. The fourth-order valence-electron chi connectivity index (χ4n) is 3.11. The van der Waals surface area contributed by atoms with Crippen LogP contribution in [0.4, 0.5) is 14.5 Å². The number of hydrogen-bond acceptors (Lipinski definition) is 4. The van der Waals surface area contributed by atoms with Crippen LogP contribution in [0, 0.1) is 0 Å². The number of rotatable bonds is 5. The van der Waals surface area contributed by atoms with Gasteiger partial charge in [-0.2, -0.15) is 8.78 Å². The topological polar surface area (TPSA) is 63.7 Å². The van der Waals surface area contributed by atoms with E-state index in [1.54, 1.807) is 30.0 Å². The fourth-order valence-corrected chi connectivity index (χ4v) is 4.03. The molecule has 0 aliphatic carbocycles. The van der Waals surface area contributed by atoms with Crippen LogP contribution in [-0.2, 0) is 16.3 Å². The molecule has 0 N–H and O–H groups in total. The van der Waals surface area contributed by atoms with Gasteiger partial charge in [-0.1, -0.05) is 13.0 Å². The SMILES string of the molecule is CCS(=O)(=O)c1cccc(C(=O)N2CCCc3cc(OC(F)F)ccc32)c1. The second-order valence-corrected chi connectivity index (χ2v) is 8.44. The number of carbonyl (C=O) groups is 1. The van der Waals surface area contributed by atoms with Gasteiger partial charge in [0.05, 0.1) is 10.6 Å². The molecule has 1 amide bonds. The average molecular weight is 395 g/mol. The zero-order valence-electron chi connectivity index (χ0n) is 14.7. The predicted molar refractivity (Wildman–Crippen MR) is 97.2 cm³/mol. The highest BCUT2D eigenvalue weighted by molar-refractivity contribution is 7.91. The van der Waals surface area contributed by atoms with Gasteiger partial charge in [-0.3, -0.25) is 4.79 Å². The van der Waals surface area contributed by atoms with Crippen LogP contribution < -0.4 is 9.64 Å². The Morgan fingerprint density at radius 3 is 2.70 bits per heavy atom. The molecule has 0 fully saturated rings. The van der Waals surface area contributed by atoms with E-state index in [2.05, 4.69) is 4.74 Å². The van der Waals surface area contributed by atoms with Crippen LogP contribution in [0.3, 0.4) is 0 Å². The van der Waals surface area contributed by atoms with Crippen LogP contribution in [0.5, 0.6) is 5.75 Å². The first-order valence-electron chi connectivity index (χ1n) is 8.54. The molecule has 3 rings (SSSR count). The molecule has 8 heteroatoms. The van der Waals surface area contributed by atoms with Crippen molar-refractivity contribution in [2.75, 3.05) is 17.2 Å². The van der Waals surface area contributed by atoms with Crippen molar-refractivity contribution in [2.24, 2.45) is 0 Å². The van der Waals surface area contributed by atoms with Gasteiger partial charge in [-0.25, -0.2) is 8.42 Å². The van der Waals surface area contributed by atoms with Crippen molar-refractivity contribution in [1.29, 1.82) is 0 Å². The van der Waals surface area contributed by atoms with Crippen molar-refractivity contribution >= 4 is 21.4 Å². The number of amides is 1. The van der Waals surface area contributed by atoms with E-state index in [0.717, 1.165) is 5.56 Å². The van der Waals surface area contributed by atoms with Crippen molar-refractivity contribution in [2.45, 2.75) is 31.3 Å². The largest absolute Gasteiger partial charge is 0.435 e. The second-order valence-electron chi connectivity index (χ2n) is 6.16. The third-order valence-electron chi connectivity index (χ3n) is 4.46. The van der Waals surface area contributed by atoms with Crippen LogP contribution in [0.2, 0.25) is 0 Å². The first-order valence-corrected chi connectivity index (χ1v) is 10.2. The lowest BCUT2D eigenvalue weighted by Crippen LogP contribution is -2.35. The van der Waals surface area contributed by atoms with Gasteiger partial charge in [-0.15, -0.1) is 0 Å². The number of hydrogen-bond donors (Lipinski definition) is 0. The minimum absolute atomic E-state index is 0.0501. The minimum Gasteiger partial charge on any atom is -0.435 e. The molecule has 2 aromatic carbocycles. The second kappa shape index (κ2) is 7.64. The van der Waals surface area contributed by atoms with E-state index in [9.17, 15) is 22.0 Å². The summed E-state index contributed by atoms with van der Waals surface area (Å²) in [4.78, 5) is 14.6. The highest BCUT2D eigenvalue weighted by atomic mass is 32.2. The number of fused-ring (bicyclic) bond motifs is 1. The van der Waals surface area contributed by atoms with Gasteiger partial charge >= 0.3 is 6.61 Å². The van der Waals surface area contributed by atoms with Gasteiger partial charge in [0.15, 0.2) is 9.84 Å². The third kappa shape index (κ3) is 4.10. The van der Waals surface area contributed by atoms with Gasteiger partial charge < -0.3 is 9.64 Å². The predicted octanol–water partition coefficient (Wildman–Crippen LogP) is 3.67. The van der Waals surface area contributed by atoms with Crippen LogP contribution >= 0.6 is 0 Å². The Hall–Kier alpha value is -2.48. The Balaban J connectivity index is 1.93. The lowest BCUT2D eigenvalue weighted by Gasteiger charge is -2.30. The summed E-state index contributed by atoms with van der Waals surface area (Å²) in [5.74, 6) is -0.329. The standard InChI is InChI=1S/C19H19F2NO4S/c1-2-27(24,25)16-7-3-5-14(12-16)18(23)22-10-4-6-13-11-15(26-19(20)21)8-9-17(13)22/h3,5,7-9,11-12,19H,2,4,6,10H2,1H3. The summed E-state index contributed by atoms with van der Waals surface area (Å²) in [6.45, 7) is -0.900. The molecular weight excluding hydrogens is 376 g/mol. The summed E-state index contributed by atoms with van der Waals surface area (Å²) in [5.41, 5.74) is 1.63. The lowest BCUT2D eigenvalue weighted by molar-refractivity contribution is -0.0498. The monoisotopic (exact) mass is 395 g/mol. The number of nitrogens with zero attached hydrogens (tertiary/aromatic N) is 1. The van der Waals surface area contributed by atoms with Gasteiger partial charge in [0.1, 0.15) is 5.75 Å². The molecule has 1 aliphatic rings. The van der Waals surface area contributed by atoms with E-state index in [1.165, 1.54) is 24.3 Å². The molecule has 144 valence electrons. The number of sulfone groups is 1. The normalized spacial score (nSPS) is 14.1. The summed E-state index contributed by atoms with van der Waals surface area (Å²) in [6, 6.07) is 10.4. The zero-order chi connectivity index (χ0) is 19.6. The van der Waals surface area contributed by atoms with E-state index in [4.69, 9.17) is 0 Å². The molecule has 0 spiro atoms. The minimum atomic E-state index is -3.42. The zero-order valence-corrected chi connectivity index (χ0v) is 15.5. The molecule has 0 unspecified atom stereocenters. The smallest absolute Gasteiger partial charge is 0.387 e. The summed E-state index contributed by atoms with van der Waals surface area (Å²) in [6.07, 6.45) is 1.31. The van der Waals surface area contributed by atoms with Gasteiger partial charge in [-0.05, 0) is 54.8 Å². The highest BCUT2D eigenvalue weighted by Crippen LogP contribution is 2.32. The van der Waals surface area contributed by atoms with E-state index >= 15 is 0 Å². The van der Waals surface area contributed by atoms with Crippen LogP contribution in [0.1, 0.15) is 29.3 Å². The Morgan fingerprint density at radius 2 is 2.00 bits per heavy atom. The molecule has 27 heavy (non-hydrogen) atoms. The number of benzene rings is 2. The number of carbonyl (C=O) groups excluding carboxylic acids is 1. The quantitative estimate of drug-likeness (QED) is 0.775. The first-order chi connectivity index (χ1) is 12.8. The maximum absolute atomic E-state index is 13.0. The summed E-state index contributed by atoms with van der Waals surface area (Å²) >= 11 is 0. The molecule has 0 bridgehead atoms. The van der Waals surface area contributed by atoms with E-state index in [-0.39, 0.29) is 27.9 Å². The maximum Gasteiger partial charge on any atom is 0.387 e. The molecule has 0 saturated heterocycles. The highest BCUT2D eigenvalue weighted by Gasteiger charge is 2.25. The van der Waals surface area contributed by atoms with E-state index in [0.29, 0.717) is 25.1 Å². The van der Waals surface area contributed by atoms with Crippen LogP contribution in [-0.4, -0.2) is 33.2 Å². The van der Waals surface area contributed by atoms with Crippen molar-refractivity contribution in [1.82, 2.24) is 0 Å². The van der Waals surface area contributed by atoms with E-state index in [1.807, 2.05) is 0 Å². The number of halogens is 2. The molecule has 5 nitrogen and oxygen atoms in total. The van der Waals surface area contributed by atoms with Crippen molar-refractivity contribution in [3.8, 4) is 5.75 Å². The molecule has 0 atom stereocenters. The molecule has 0 aromatic heterocycles. The first kappa shape index (κ1) is 19.3. The number of anilines is 1. The molecule has 1 aliphatic heterocycles. The van der Waals surface area contributed by atoms with Gasteiger partial charge in [0.2, 0.25) is 0 Å². The van der Waals surface area contributed by atoms with E-state index < -0.39 is 16.4 Å². The Bertz CT molecular complexity index is 960. The fraction of sp³-hybridized carbons (Fsp3) is 0.316. The molecule has 1 heterocycles. The van der Waals surface area contributed by atoms with Crippen LogP contribution in [0.15, 0.2) is 47.4 Å². The number of alkyl halides is 2. The molecule has 0 radical (unpaired) electrons. The van der Waals surface area contributed by atoms with Crippen molar-refractivity contribution < 1.29 is 26.7 Å². The molecule has 2 aromatic rings. The number of aryl methyl sites for hydroxylation is 1. The van der Waals surface area contributed by atoms with Gasteiger partial charge in [0.25, 0.3) is 5.91 Å². The van der Waals surface area contributed by atoms with Crippen molar-refractivity contribution in [3.05, 3.63) is 53.6 Å². The Morgan fingerprint density at radius 1 is 1.22 bits per heavy atom. The van der Waals surface area contributed by atoms with Crippen LogP contribution in [0.25, 0.3) is 0 Å². The summed E-state index contributed by atoms with van der Waals surface area (Å²) in [7, 11) is -3.42. The lowest BCUT2D eigenvalue weighted by atomic mass is 10.0. The molecular formula is C19H19F2NO4S. The van der Waals surface area contributed by atoms with Gasteiger partial charge in [0, 0.05) is 17.8 Å². The third-order valence-corrected chi connectivity index (χ3v) is 6.19. The summed E-state index contributed by atoms with van der Waals surface area (Å²) in [5, 5.41) is 0.